The molecule has 40 heteroatoms. The van der Waals surface area contributed by atoms with Gasteiger partial charge in [-0.25, -0.2) is 4.79 Å². The predicted molar refractivity (Wildman–Crippen MR) is 422 cm³/mol. The summed E-state index contributed by atoms with van der Waals surface area (Å²) in [5, 5.41) is 72.1. The second-order valence-corrected chi connectivity index (χ2v) is 27.1. The molecule has 0 aromatic heterocycles. The molecule has 0 spiro atoms. The van der Waals surface area contributed by atoms with Crippen LogP contribution in [0.3, 0.4) is 0 Å². The monoisotopic (exact) mass is 1610 g/mol. The average molecular weight is 1610 g/mol. The Balaban J connectivity index is 1.40. The van der Waals surface area contributed by atoms with Crippen LogP contribution in [0.5, 0.6) is 0 Å². The van der Waals surface area contributed by atoms with Crippen LogP contribution in [0.15, 0.2) is 102 Å². The van der Waals surface area contributed by atoms with Gasteiger partial charge in [0.15, 0.2) is 11.9 Å². The summed E-state index contributed by atoms with van der Waals surface area (Å²) in [6.45, 7) is 12.7. The molecule has 3 aliphatic heterocycles. The van der Waals surface area contributed by atoms with Gasteiger partial charge in [-0.3, -0.25) is 82.8 Å². The lowest BCUT2D eigenvalue weighted by Crippen LogP contribution is -2.55. The number of carboxylic acid groups (broad SMARTS) is 2. The van der Waals surface area contributed by atoms with Crippen LogP contribution in [0.2, 0.25) is 0 Å². The molecule has 5 atom stereocenters. The smallest absolute Gasteiger partial charge is 0.330 e. The summed E-state index contributed by atoms with van der Waals surface area (Å²) in [5.41, 5.74) is 9.66. The van der Waals surface area contributed by atoms with Crippen molar-refractivity contribution < 1.29 is 82.1 Å². The van der Waals surface area contributed by atoms with E-state index < -0.39 is 167 Å². The van der Waals surface area contributed by atoms with Crippen LogP contribution >= 0.6 is 0 Å². The SMILES string of the molecule is CCN1CCN(CC)CCN(CC(=O)NC(CCC(=O)NCCCCC2NC(=O)/C(=C/c3ccccc3)NC(=O)[C@H](CC(=O)O)NC(=O)CNC(=O)[C@H](CCCNC(=N)N)NC2=O)C(=O)NCCC/C=C2/NC(=O)[C@@H](Cc3ccccc3)NC(=O)/C(=C\C(=O)O)NC(=O)CNC(=O)/C(=C/CCNC(=N)N)NC2=O)CCN(CC)CC1. The third-order valence-electron chi connectivity index (χ3n) is 18.4. The number of aliphatic carboxylic acids is 2. The number of nitrogens with zero attached hydrogens (tertiary/aromatic N) is 4. The van der Waals surface area contributed by atoms with Gasteiger partial charge in [0.05, 0.1) is 32.1 Å². The van der Waals surface area contributed by atoms with Crippen LogP contribution in [0.4, 0.5) is 0 Å². The summed E-state index contributed by atoms with van der Waals surface area (Å²) in [6, 6.07) is 9.08. The van der Waals surface area contributed by atoms with E-state index in [0.717, 1.165) is 45.8 Å². The zero-order chi connectivity index (χ0) is 84.2. The van der Waals surface area contributed by atoms with E-state index in [1.807, 2.05) is 4.90 Å². The third-order valence-corrected chi connectivity index (χ3v) is 18.4. The normalized spacial score (nSPS) is 20.8. The maximum Gasteiger partial charge on any atom is 0.330 e. The molecule has 2 aromatic carbocycles. The van der Waals surface area contributed by atoms with Crippen LogP contribution in [-0.4, -0.2) is 278 Å². The van der Waals surface area contributed by atoms with E-state index in [1.165, 1.54) is 18.2 Å². The highest BCUT2D eigenvalue weighted by Gasteiger charge is 2.34. The number of guanidine groups is 2. The predicted octanol–water partition coefficient (Wildman–Crippen LogP) is -4.99. The van der Waals surface area contributed by atoms with Gasteiger partial charge in [0.1, 0.15) is 53.0 Å². The maximum atomic E-state index is 14.5. The highest BCUT2D eigenvalue weighted by molar-refractivity contribution is 6.08. The summed E-state index contributed by atoms with van der Waals surface area (Å²) in [4.78, 5) is 214. The molecule has 13 amide bonds. The topological polar surface area (TPSA) is 590 Å². The molecule has 2 unspecified atom stereocenters. The Kier molecular flexibility index (Phi) is 41.2. The quantitative estimate of drug-likeness (QED) is 0.0141. The van der Waals surface area contributed by atoms with Crippen molar-refractivity contribution in [3.63, 3.8) is 0 Å². The molecule has 23 N–H and O–H groups in total. The van der Waals surface area contributed by atoms with Crippen molar-refractivity contribution in [1.29, 1.82) is 10.8 Å². The Morgan fingerprint density at radius 2 is 1.03 bits per heavy atom. The van der Waals surface area contributed by atoms with E-state index >= 15 is 0 Å². The largest absolute Gasteiger partial charge is 0.481 e. The molecule has 628 valence electrons. The highest BCUT2D eigenvalue weighted by Crippen LogP contribution is 2.14. The van der Waals surface area contributed by atoms with E-state index in [9.17, 15) is 82.1 Å². The number of carboxylic acids is 2. The summed E-state index contributed by atoms with van der Waals surface area (Å²) >= 11 is 0. The third kappa shape index (κ3) is 36.5. The molecule has 0 aliphatic carbocycles. The van der Waals surface area contributed by atoms with Crippen LogP contribution in [0, 0.1) is 10.8 Å². The summed E-state index contributed by atoms with van der Waals surface area (Å²) in [5.74, 6) is -15.8. The molecule has 0 saturated carbocycles. The Morgan fingerprint density at radius 3 is 1.65 bits per heavy atom. The average Bonchev–Trinajstić information content (AvgIpc) is 1.85. The fourth-order valence-electron chi connectivity index (χ4n) is 12.0. The van der Waals surface area contributed by atoms with Crippen molar-refractivity contribution >= 4 is 107 Å². The van der Waals surface area contributed by atoms with E-state index in [2.05, 4.69) is 115 Å². The number of hydrogen-bond acceptors (Lipinski definition) is 21. The molecule has 3 saturated heterocycles. The number of hydrogen-bond donors (Lipinski definition) is 21. The van der Waals surface area contributed by atoms with Gasteiger partial charge in [-0.1, -0.05) is 93.6 Å². The molecule has 40 nitrogen and oxygen atoms in total. The number of nitrogens with two attached hydrogens (primary N) is 2. The van der Waals surface area contributed by atoms with Crippen molar-refractivity contribution in [3.8, 4) is 0 Å². The molecule has 3 fully saturated rings. The number of carbonyl (C=O) groups excluding carboxylic acids is 13. The number of carbonyl (C=O) groups is 15. The number of amides is 13. The summed E-state index contributed by atoms with van der Waals surface area (Å²) in [6.07, 6.45) is 2.68. The lowest BCUT2D eigenvalue weighted by molar-refractivity contribution is -0.140. The second-order valence-electron chi connectivity index (χ2n) is 27.1. The molecule has 0 bridgehead atoms. The van der Waals surface area contributed by atoms with Crippen molar-refractivity contribution in [2.75, 3.05) is 118 Å². The van der Waals surface area contributed by atoms with Crippen molar-refractivity contribution in [2.24, 2.45) is 11.5 Å². The number of allylic oxidation sites excluding steroid dienone is 1. The first-order chi connectivity index (χ1) is 55.0. The zero-order valence-electron chi connectivity index (χ0n) is 65.1. The Morgan fingerprint density at radius 1 is 0.504 bits per heavy atom. The van der Waals surface area contributed by atoms with Gasteiger partial charge in [-0.15, -0.1) is 0 Å². The molecular formula is C75H111N23O17. The highest BCUT2D eigenvalue weighted by atomic mass is 16.4. The van der Waals surface area contributed by atoms with E-state index in [4.69, 9.17) is 22.3 Å². The van der Waals surface area contributed by atoms with Crippen LogP contribution in [0.25, 0.3) is 6.08 Å². The number of benzene rings is 2. The fraction of sp³-hybridized carbons (Fsp3) is 0.507. The first-order valence-corrected chi connectivity index (χ1v) is 38.3. The minimum absolute atomic E-state index is 0.000973. The van der Waals surface area contributed by atoms with Gasteiger partial charge in [0.25, 0.3) is 23.6 Å². The lowest BCUT2D eigenvalue weighted by Gasteiger charge is -2.33. The molecule has 5 rings (SSSR count). The van der Waals surface area contributed by atoms with E-state index in [-0.39, 0.29) is 109 Å². The number of nitrogens with one attached hydrogen (secondary N) is 17. The molecule has 115 heavy (non-hydrogen) atoms. The Bertz CT molecular complexity index is 3840. The second kappa shape index (κ2) is 50.7. The van der Waals surface area contributed by atoms with Crippen molar-refractivity contribution in [2.45, 2.75) is 128 Å². The zero-order valence-corrected chi connectivity index (χ0v) is 65.1. The van der Waals surface area contributed by atoms with Gasteiger partial charge >= 0.3 is 11.9 Å². The number of rotatable bonds is 32. The maximum absolute atomic E-state index is 14.5. The van der Waals surface area contributed by atoms with E-state index in [0.29, 0.717) is 43.4 Å². The van der Waals surface area contributed by atoms with Gasteiger partial charge < -0.3 is 116 Å². The van der Waals surface area contributed by atoms with E-state index in [1.54, 1.807) is 60.7 Å². The van der Waals surface area contributed by atoms with Gasteiger partial charge in [0.2, 0.25) is 53.2 Å². The fourth-order valence-corrected chi connectivity index (χ4v) is 12.0. The molecule has 3 aliphatic rings. The number of likely N-dealkylation sites (N-methyl/N-ethyl adjacent to an activating group) is 3. The molecule has 0 radical (unpaired) electrons. The van der Waals surface area contributed by atoms with Gasteiger partial charge in [-0.05, 0) is 94.6 Å². The Labute approximate surface area is 666 Å². The van der Waals surface area contributed by atoms with Crippen molar-refractivity contribution in [3.05, 3.63) is 113 Å². The minimum Gasteiger partial charge on any atom is -0.481 e. The summed E-state index contributed by atoms with van der Waals surface area (Å²) < 4.78 is 0. The van der Waals surface area contributed by atoms with Crippen LogP contribution < -0.4 is 91.2 Å². The van der Waals surface area contributed by atoms with Crippen LogP contribution in [0.1, 0.15) is 103 Å². The standard InChI is InChI=1S/C75H111N23O17/c1-4-95-33-35-96(5-2)37-39-98(40-38-97(6-3)36-34-95)47-62(102)86-54(65(107)81-30-16-14-24-53-69(111)90-51(26-18-32-83-75(78)79)67(109)85-46-61(101)88-58(44-64(105)106)73(115)94-56(71(113)92-53)42-49-21-11-8-12-22-49)27-28-59(99)80-29-15-13-23-52-68(110)89-50(25-17-31-82-74(76)77)66(108)84-45-60(100)87-57(43-63(103)104)72(114)93-55(70(112)91-52)41-48-19-9-7-10-20-48/h7-12,19-22,24,26,41,44,50,52,54,56-57H,4-6,13-18,23,25,27-40,42-43,45-47H2,1-3H3,(H,80,99)(H,81,107)(H,84,108)(H,85,109)(H,86,102)(H,87,100)(H,88,101)(H,89,110)(H,90,111)(H,91,112)(H,92,113)(H,93,114)(H,94,115)(H,103,104)(H,105,106)(H4,76,77,82)(H4,78,79,83)/b51-26-,53-24+,55-41-,58-44+/t50-,52?,54?,56+,57-/m0/s1. The van der Waals surface area contributed by atoms with Gasteiger partial charge in [-0.2, -0.15) is 0 Å². The van der Waals surface area contributed by atoms with Gasteiger partial charge in [0, 0.05) is 91.4 Å². The number of unbranched alkanes of at least 4 members (excludes halogenated alkanes) is 2. The minimum atomic E-state index is -1.74. The molecule has 2 aromatic rings. The summed E-state index contributed by atoms with van der Waals surface area (Å²) in [7, 11) is 0. The molecule has 3 heterocycles. The first kappa shape index (κ1) is 93.4. The molecular weight excluding hydrogens is 1490 g/mol. The van der Waals surface area contributed by atoms with Crippen molar-refractivity contribution in [1.82, 2.24) is 99.4 Å². The lowest BCUT2D eigenvalue weighted by atomic mass is 10.0. The van der Waals surface area contributed by atoms with Crippen LogP contribution in [-0.2, 0) is 78.3 Å². The Hall–Kier alpha value is -12.2. The first-order valence-electron chi connectivity index (χ1n) is 38.3.